The Balaban J connectivity index is 1.82. The fraction of sp³-hybridized carbons (Fsp3) is 0.158. The molecule has 3 aromatic rings. The number of rotatable bonds is 7. The van der Waals surface area contributed by atoms with Crippen molar-refractivity contribution >= 4 is 34.7 Å². The summed E-state index contributed by atoms with van der Waals surface area (Å²) in [4.78, 5) is 8.73. The van der Waals surface area contributed by atoms with Crippen molar-refractivity contribution in [2.75, 3.05) is 24.4 Å². The fourth-order valence-electron chi connectivity index (χ4n) is 2.38. The van der Waals surface area contributed by atoms with Crippen molar-refractivity contribution in [3.8, 4) is 11.5 Å². The van der Waals surface area contributed by atoms with Gasteiger partial charge in [0.15, 0.2) is 0 Å². The number of anilines is 4. The zero-order valence-electron chi connectivity index (χ0n) is 14.5. The van der Waals surface area contributed by atoms with E-state index in [9.17, 15) is 0 Å². The van der Waals surface area contributed by atoms with Crippen molar-refractivity contribution in [2.45, 2.75) is 6.92 Å². The normalized spacial score (nSPS) is 10.3. The maximum absolute atomic E-state index is 6.06. The smallest absolute Gasteiger partial charge is 0.229 e. The molecule has 0 fully saturated rings. The standard InChI is InChI=1S/C19H19ClN4O2/c1-3-26-17-7-5-4-6-14(17)22-18-10-11-21-19(24-18)23-15-12-13(20)8-9-16(15)25-2/h4-12H,3H2,1-2H3,(H2,21,22,23,24). The first kappa shape index (κ1) is 17.8. The van der Waals surface area contributed by atoms with Gasteiger partial charge >= 0.3 is 0 Å². The quantitative estimate of drug-likeness (QED) is 0.608. The molecule has 0 atom stereocenters. The number of nitrogens with one attached hydrogen (secondary N) is 2. The van der Waals surface area contributed by atoms with E-state index in [0.29, 0.717) is 34.8 Å². The van der Waals surface area contributed by atoms with Crippen molar-refractivity contribution in [1.29, 1.82) is 0 Å². The van der Waals surface area contributed by atoms with Crippen LogP contribution in [-0.4, -0.2) is 23.7 Å². The van der Waals surface area contributed by atoms with Crippen LogP contribution in [0.15, 0.2) is 54.7 Å². The highest BCUT2D eigenvalue weighted by Gasteiger charge is 2.08. The van der Waals surface area contributed by atoms with Crippen molar-refractivity contribution in [1.82, 2.24) is 9.97 Å². The summed E-state index contributed by atoms with van der Waals surface area (Å²) < 4.78 is 11.0. The topological polar surface area (TPSA) is 68.3 Å². The Hall–Kier alpha value is -2.99. The Kier molecular flexibility index (Phi) is 5.76. The maximum atomic E-state index is 6.06. The summed E-state index contributed by atoms with van der Waals surface area (Å²) in [5, 5.41) is 6.97. The van der Waals surface area contributed by atoms with Crippen LogP contribution in [0.1, 0.15) is 6.92 Å². The minimum Gasteiger partial charge on any atom is -0.495 e. The maximum Gasteiger partial charge on any atom is 0.229 e. The fourth-order valence-corrected chi connectivity index (χ4v) is 2.55. The number of para-hydroxylation sites is 2. The summed E-state index contributed by atoms with van der Waals surface area (Å²) in [7, 11) is 1.60. The molecule has 0 aliphatic rings. The molecule has 1 heterocycles. The second kappa shape index (κ2) is 8.40. The van der Waals surface area contributed by atoms with E-state index in [1.165, 1.54) is 0 Å². The van der Waals surface area contributed by atoms with Crippen LogP contribution in [0.4, 0.5) is 23.1 Å². The highest BCUT2D eigenvalue weighted by molar-refractivity contribution is 6.31. The Morgan fingerprint density at radius 3 is 2.65 bits per heavy atom. The van der Waals surface area contributed by atoms with E-state index in [1.54, 1.807) is 37.6 Å². The molecule has 0 radical (unpaired) electrons. The molecule has 0 saturated carbocycles. The number of nitrogens with zero attached hydrogens (tertiary/aromatic N) is 2. The van der Waals surface area contributed by atoms with Crippen LogP contribution in [0, 0.1) is 0 Å². The molecular weight excluding hydrogens is 352 g/mol. The molecule has 0 aliphatic heterocycles. The Morgan fingerprint density at radius 2 is 1.85 bits per heavy atom. The van der Waals surface area contributed by atoms with E-state index in [-0.39, 0.29) is 0 Å². The lowest BCUT2D eigenvalue weighted by molar-refractivity contribution is 0.342. The van der Waals surface area contributed by atoms with Gasteiger partial charge in [-0.05, 0) is 43.3 Å². The SMILES string of the molecule is CCOc1ccccc1Nc1ccnc(Nc2cc(Cl)ccc2OC)n1. The van der Waals surface area contributed by atoms with Gasteiger partial charge in [-0.25, -0.2) is 4.98 Å². The van der Waals surface area contributed by atoms with Crippen molar-refractivity contribution in [3.05, 3.63) is 59.8 Å². The molecule has 1 aromatic heterocycles. The van der Waals surface area contributed by atoms with Gasteiger partial charge in [-0.3, -0.25) is 0 Å². The van der Waals surface area contributed by atoms with E-state index in [1.807, 2.05) is 31.2 Å². The molecule has 0 unspecified atom stereocenters. The van der Waals surface area contributed by atoms with Crippen LogP contribution in [0.5, 0.6) is 11.5 Å². The number of hydrogen-bond acceptors (Lipinski definition) is 6. The molecular formula is C19H19ClN4O2. The van der Waals surface area contributed by atoms with Gasteiger partial charge in [0, 0.05) is 11.2 Å². The highest BCUT2D eigenvalue weighted by atomic mass is 35.5. The second-order valence-electron chi connectivity index (χ2n) is 5.29. The second-order valence-corrected chi connectivity index (χ2v) is 5.73. The number of aromatic nitrogens is 2. The van der Waals surface area contributed by atoms with Crippen LogP contribution >= 0.6 is 11.6 Å². The van der Waals surface area contributed by atoms with Gasteiger partial charge in [-0.1, -0.05) is 23.7 Å². The van der Waals surface area contributed by atoms with Crippen LogP contribution in [0.25, 0.3) is 0 Å². The van der Waals surface area contributed by atoms with Crippen molar-refractivity contribution in [2.24, 2.45) is 0 Å². The van der Waals surface area contributed by atoms with Gasteiger partial charge in [-0.15, -0.1) is 0 Å². The minimum atomic E-state index is 0.421. The number of hydrogen-bond donors (Lipinski definition) is 2. The van der Waals surface area contributed by atoms with Crippen LogP contribution in [0.2, 0.25) is 5.02 Å². The van der Waals surface area contributed by atoms with Gasteiger partial charge < -0.3 is 20.1 Å². The average Bonchev–Trinajstić information content (AvgIpc) is 2.64. The van der Waals surface area contributed by atoms with E-state index < -0.39 is 0 Å². The molecule has 2 N–H and O–H groups in total. The molecule has 7 heteroatoms. The van der Waals surface area contributed by atoms with Gasteiger partial charge in [0.1, 0.15) is 17.3 Å². The molecule has 0 bridgehead atoms. The van der Waals surface area contributed by atoms with E-state index >= 15 is 0 Å². The monoisotopic (exact) mass is 370 g/mol. The predicted molar refractivity (Wildman–Crippen MR) is 104 cm³/mol. The molecule has 0 aliphatic carbocycles. The summed E-state index contributed by atoms with van der Waals surface area (Å²) in [6, 6.07) is 14.8. The number of benzene rings is 2. The van der Waals surface area contributed by atoms with Gasteiger partial charge in [0.05, 0.1) is 25.1 Å². The van der Waals surface area contributed by atoms with E-state index in [0.717, 1.165) is 11.4 Å². The van der Waals surface area contributed by atoms with Gasteiger partial charge in [0.2, 0.25) is 5.95 Å². The molecule has 6 nitrogen and oxygen atoms in total. The summed E-state index contributed by atoms with van der Waals surface area (Å²) in [6.07, 6.45) is 1.66. The molecule has 0 spiro atoms. The summed E-state index contributed by atoms with van der Waals surface area (Å²) >= 11 is 6.06. The average molecular weight is 371 g/mol. The van der Waals surface area contributed by atoms with Crippen molar-refractivity contribution in [3.63, 3.8) is 0 Å². The first-order valence-corrected chi connectivity index (χ1v) is 8.50. The number of ether oxygens (including phenoxy) is 2. The number of methoxy groups -OCH3 is 1. The third-order valence-corrected chi connectivity index (χ3v) is 3.75. The minimum absolute atomic E-state index is 0.421. The van der Waals surface area contributed by atoms with Gasteiger partial charge in [0.25, 0.3) is 0 Å². The van der Waals surface area contributed by atoms with Gasteiger partial charge in [-0.2, -0.15) is 4.98 Å². The molecule has 134 valence electrons. The molecule has 0 saturated heterocycles. The zero-order valence-corrected chi connectivity index (χ0v) is 15.2. The lowest BCUT2D eigenvalue weighted by atomic mass is 10.3. The number of halogens is 1. The zero-order chi connectivity index (χ0) is 18.4. The van der Waals surface area contributed by atoms with Crippen LogP contribution < -0.4 is 20.1 Å². The van der Waals surface area contributed by atoms with Crippen LogP contribution in [-0.2, 0) is 0 Å². The van der Waals surface area contributed by atoms with Crippen molar-refractivity contribution < 1.29 is 9.47 Å². The Labute approximate surface area is 157 Å². The Morgan fingerprint density at radius 1 is 1.00 bits per heavy atom. The third kappa shape index (κ3) is 4.34. The summed E-state index contributed by atoms with van der Waals surface area (Å²) in [6.45, 7) is 2.53. The predicted octanol–water partition coefficient (Wildman–Crippen LogP) is 5.02. The molecule has 3 rings (SSSR count). The Bertz CT molecular complexity index is 889. The lowest BCUT2D eigenvalue weighted by Crippen LogP contribution is -2.03. The third-order valence-electron chi connectivity index (χ3n) is 3.51. The molecule has 26 heavy (non-hydrogen) atoms. The summed E-state index contributed by atoms with van der Waals surface area (Å²) in [5.74, 6) is 2.47. The first-order chi connectivity index (χ1) is 12.7. The summed E-state index contributed by atoms with van der Waals surface area (Å²) in [5.41, 5.74) is 1.52. The molecule has 2 aromatic carbocycles. The lowest BCUT2D eigenvalue weighted by Gasteiger charge is -2.13. The first-order valence-electron chi connectivity index (χ1n) is 8.12. The molecule has 0 amide bonds. The highest BCUT2D eigenvalue weighted by Crippen LogP contribution is 2.30. The largest absolute Gasteiger partial charge is 0.495 e. The van der Waals surface area contributed by atoms with Crippen LogP contribution in [0.3, 0.4) is 0 Å². The van der Waals surface area contributed by atoms with E-state index in [2.05, 4.69) is 20.6 Å². The van der Waals surface area contributed by atoms with E-state index in [4.69, 9.17) is 21.1 Å².